The topological polar surface area (TPSA) is 36.1 Å². The summed E-state index contributed by atoms with van der Waals surface area (Å²) in [5.41, 5.74) is 0.661. The van der Waals surface area contributed by atoms with Crippen LogP contribution in [0.1, 0.15) is 12.5 Å². The van der Waals surface area contributed by atoms with Gasteiger partial charge in [0.2, 0.25) is 0 Å². The molecule has 0 unspecified atom stereocenters. The maximum absolute atomic E-state index is 8.67. The van der Waals surface area contributed by atoms with Crippen molar-refractivity contribution < 1.29 is 0 Å². The minimum absolute atomic E-state index is 0.661. The second kappa shape index (κ2) is 4.22. The molecule has 0 amide bonds. The lowest BCUT2D eigenvalue weighted by Gasteiger charge is -1.90. The maximum Gasteiger partial charge on any atom is 0.0991 e. The molecule has 0 saturated carbocycles. The average molecular weight is 170 g/mol. The molecule has 2 nitrogen and oxygen atoms in total. The van der Waals surface area contributed by atoms with E-state index >= 15 is 0 Å². The SMILES string of the molecule is C=N/C=c1/ccc(C#N)c/c1=C/C. The number of rotatable bonds is 1. The molecule has 0 fully saturated rings. The third-order valence-corrected chi connectivity index (χ3v) is 1.76. The third-order valence-electron chi connectivity index (χ3n) is 1.76. The first-order valence-electron chi connectivity index (χ1n) is 3.94. The summed E-state index contributed by atoms with van der Waals surface area (Å²) < 4.78 is 0. The smallest absolute Gasteiger partial charge is 0.0991 e. The quantitative estimate of drug-likeness (QED) is 0.574. The monoisotopic (exact) mass is 170 g/mol. The van der Waals surface area contributed by atoms with Crippen molar-refractivity contribution in [2.45, 2.75) is 6.92 Å². The van der Waals surface area contributed by atoms with E-state index in [1.54, 1.807) is 12.3 Å². The molecule has 2 heteroatoms. The Morgan fingerprint density at radius 1 is 1.46 bits per heavy atom. The summed E-state index contributed by atoms with van der Waals surface area (Å²) in [6.07, 6.45) is 3.62. The molecule has 1 aromatic rings. The molecular weight excluding hydrogens is 160 g/mol. The van der Waals surface area contributed by atoms with Gasteiger partial charge in [0.15, 0.2) is 0 Å². The summed E-state index contributed by atoms with van der Waals surface area (Å²) in [7, 11) is 0. The van der Waals surface area contributed by atoms with Crippen molar-refractivity contribution in [3.63, 3.8) is 0 Å². The van der Waals surface area contributed by atoms with Crippen molar-refractivity contribution in [2.75, 3.05) is 0 Å². The van der Waals surface area contributed by atoms with Crippen molar-refractivity contribution in [1.29, 1.82) is 5.26 Å². The van der Waals surface area contributed by atoms with Crippen molar-refractivity contribution in [2.24, 2.45) is 4.99 Å². The summed E-state index contributed by atoms with van der Waals surface area (Å²) in [5.74, 6) is 0. The number of aliphatic imine (C=N–C) groups is 1. The van der Waals surface area contributed by atoms with Gasteiger partial charge in [-0.3, -0.25) is 4.99 Å². The van der Waals surface area contributed by atoms with Gasteiger partial charge in [0.05, 0.1) is 11.6 Å². The van der Waals surface area contributed by atoms with Crippen LogP contribution in [0.3, 0.4) is 0 Å². The number of nitriles is 1. The van der Waals surface area contributed by atoms with Gasteiger partial charge in [-0.15, -0.1) is 0 Å². The summed E-state index contributed by atoms with van der Waals surface area (Å²) in [5, 5.41) is 10.7. The van der Waals surface area contributed by atoms with E-state index in [1.165, 1.54) is 0 Å². The Bertz CT molecular complexity index is 464. The van der Waals surface area contributed by atoms with Crippen LogP contribution in [0.15, 0.2) is 23.2 Å². The summed E-state index contributed by atoms with van der Waals surface area (Å²) in [6, 6.07) is 7.55. The molecule has 64 valence electrons. The average Bonchev–Trinajstić information content (AvgIpc) is 2.19. The second-order valence-corrected chi connectivity index (χ2v) is 2.56. The molecule has 0 N–H and O–H groups in total. The third kappa shape index (κ3) is 2.03. The van der Waals surface area contributed by atoms with Crippen molar-refractivity contribution in [3.05, 3.63) is 34.2 Å². The normalized spacial score (nSPS) is 12.6. The highest BCUT2D eigenvalue weighted by molar-refractivity contribution is 5.40. The van der Waals surface area contributed by atoms with Crippen LogP contribution in [0, 0.1) is 11.3 Å². The van der Waals surface area contributed by atoms with Crippen molar-refractivity contribution >= 4 is 19.0 Å². The Labute approximate surface area is 77.2 Å². The van der Waals surface area contributed by atoms with Gasteiger partial charge in [0.25, 0.3) is 0 Å². The Hall–Kier alpha value is -1.88. The molecule has 0 spiro atoms. The fourth-order valence-electron chi connectivity index (χ4n) is 1.11. The van der Waals surface area contributed by atoms with E-state index in [2.05, 4.69) is 17.8 Å². The zero-order chi connectivity index (χ0) is 9.68. The number of hydrogen-bond donors (Lipinski definition) is 0. The lowest BCUT2D eigenvalue weighted by Crippen LogP contribution is -2.23. The zero-order valence-corrected chi connectivity index (χ0v) is 7.49. The van der Waals surface area contributed by atoms with E-state index in [4.69, 9.17) is 5.26 Å². The lowest BCUT2D eigenvalue weighted by atomic mass is 10.1. The first kappa shape index (κ1) is 9.21. The van der Waals surface area contributed by atoms with E-state index in [1.807, 2.05) is 25.1 Å². The predicted molar refractivity (Wildman–Crippen MR) is 54.6 cm³/mol. The highest BCUT2D eigenvalue weighted by Crippen LogP contribution is 1.87. The molecule has 1 aromatic carbocycles. The van der Waals surface area contributed by atoms with Crippen molar-refractivity contribution in [3.8, 4) is 6.07 Å². The molecule has 0 aliphatic rings. The van der Waals surface area contributed by atoms with Crippen LogP contribution in [0.25, 0.3) is 12.3 Å². The Morgan fingerprint density at radius 3 is 2.77 bits per heavy atom. The van der Waals surface area contributed by atoms with Crippen LogP contribution >= 0.6 is 0 Å². The second-order valence-electron chi connectivity index (χ2n) is 2.56. The van der Waals surface area contributed by atoms with Gasteiger partial charge in [-0.25, -0.2) is 0 Å². The van der Waals surface area contributed by atoms with Gasteiger partial charge in [-0.1, -0.05) is 12.1 Å². The van der Waals surface area contributed by atoms with E-state index < -0.39 is 0 Å². The highest BCUT2D eigenvalue weighted by atomic mass is 14.6. The molecular formula is C11H10N2. The fourth-order valence-corrected chi connectivity index (χ4v) is 1.11. The zero-order valence-electron chi connectivity index (χ0n) is 7.49. The van der Waals surface area contributed by atoms with Crippen LogP contribution in [-0.2, 0) is 0 Å². The van der Waals surface area contributed by atoms with Crippen LogP contribution < -0.4 is 10.4 Å². The van der Waals surface area contributed by atoms with Gasteiger partial charge in [0.1, 0.15) is 0 Å². The molecule has 0 aliphatic carbocycles. The first-order valence-corrected chi connectivity index (χ1v) is 3.94. The largest absolute Gasteiger partial charge is 0.272 e. The molecule has 0 aromatic heterocycles. The Morgan fingerprint density at radius 2 is 2.23 bits per heavy atom. The van der Waals surface area contributed by atoms with Gasteiger partial charge in [-0.05, 0) is 36.2 Å². The molecule has 1 rings (SSSR count). The maximum atomic E-state index is 8.67. The van der Waals surface area contributed by atoms with E-state index in [-0.39, 0.29) is 0 Å². The summed E-state index contributed by atoms with van der Waals surface area (Å²) in [6.45, 7) is 5.32. The predicted octanol–water partition coefficient (Wildman–Crippen LogP) is 0.797. The molecule has 0 saturated heterocycles. The number of nitrogens with zero attached hydrogens (tertiary/aromatic N) is 2. The molecule has 0 heterocycles. The lowest BCUT2D eigenvalue weighted by molar-refractivity contribution is 1.42. The summed E-state index contributed by atoms with van der Waals surface area (Å²) in [4.78, 5) is 3.69. The minimum Gasteiger partial charge on any atom is -0.272 e. The van der Waals surface area contributed by atoms with E-state index in [0.29, 0.717) is 5.56 Å². The Balaban J connectivity index is 3.54. The fraction of sp³-hybridized carbons (Fsp3) is 0.0909. The van der Waals surface area contributed by atoms with Gasteiger partial charge >= 0.3 is 0 Å². The molecule has 0 radical (unpaired) electrons. The minimum atomic E-state index is 0.661. The number of hydrogen-bond acceptors (Lipinski definition) is 2. The van der Waals surface area contributed by atoms with Crippen LogP contribution in [0.2, 0.25) is 0 Å². The van der Waals surface area contributed by atoms with E-state index in [9.17, 15) is 0 Å². The Kier molecular flexibility index (Phi) is 2.99. The van der Waals surface area contributed by atoms with Gasteiger partial charge < -0.3 is 0 Å². The van der Waals surface area contributed by atoms with Crippen LogP contribution in [0.4, 0.5) is 0 Å². The first-order chi connectivity index (χ1) is 6.31. The molecule has 0 atom stereocenters. The van der Waals surface area contributed by atoms with Gasteiger partial charge in [0, 0.05) is 6.20 Å². The standard InChI is InChI=1S/C11H10N2/c1-3-10-6-9(7-12)4-5-11(10)8-13-2/h3-6,8H,2H2,1H3/b10-3-,11-8-. The van der Waals surface area contributed by atoms with Crippen LogP contribution in [0.5, 0.6) is 0 Å². The van der Waals surface area contributed by atoms with E-state index in [0.717, 1.165) is 10.4 Å². The number of benzene rings is 1. The summed E-state index contributed by atoms with van der Waals surface area (Å²) >= 11 is 0. The molecule has 13 heavy (non-hydrogen) atoms. The highest BCUT2D eigenvalue weighted by Gasteiger charge is 1.88. The van der Waals surface area contributed by atoms with Crippen LogP contribution in [-0.4, -0.2) is 6.72 Å². The molecule has 0 aliphatic heterocycles. The van der Waals surface area contributed by atoms with Crippen molar-refractivity contribution in [1.82, 2.24) is 0 Å². The molecule has 0 bridgehead atoms. The van der Waals surface area contributed by atoms with Gasteiger partial charge in [-0.2, -0.15) is 5.26 Å².